The number of nitrogens with zero attached hydrogens (tertiary/aromatic N) is 1. The number of hydrogen-bond donors (Lipinski definition) is 2. The van der Waals surface area contributed by atoms with Crippen LogP contribution >= 0.6 is 11.6 Å². The number of nitrogens with one attached hydrogen (secondary N) is 2. The largest absolute Gasteiger partial charge is 0.375 e. The van der Waals surface area contributed by atoms with Gasteiger partial charge in [-0.3, -0.25) is 4.99 Å². The van der Waals surface area contributed by atoms with E-state index in [-0.39, 0.29) is 6.10 Å². The Balaban J connectivity index is 1.85. The summed E-state index contributed by atoms with van der Waals surface area (Å²) in [6.07, 6.45) is 2.61. The number of hydrogen-bond acceptors (Lipinski definition) is 2. The van der Waals surface area contributed by atoms with Crippen LogP contribution < -0.4 is 10.6 Å². The summed E-state index contributed by atoms with van der Waals surface area (Å²) >= 11 is 6.02. The molecule has 1 unspecified atom stereocenters. The summed E-state index contributed by atoms with van der Waals surface area (Å²) in [6, 6.07) is 7.74. The normalized spacial score (nSPS) is 16.9. The van der Waals surface area contributed by atoms with E-state index >= 15 is 0 Å². The van der Waals surface area contributed by atoms with Gasteiger partial charge < -0.3 is 15.4 Å². The van der Waals surface area contributed by atoms with Gasteiger partial charge in [0.05, 0.1) is 6.10 Å². The number of rotatable bonds is 6. The van der Waals surface area contributed by atoms with Gasteiger partial charge in [0.25, 0.3) is 0 Å². The van der Waals surface area contributed by atoms with Gasteiger partial charge in [-0.2, -0.15) is 0 Å². The smallest absolute Gasteiger partial charge is 0.191 e. The second-order valence-corrected chi connectivity index (χ2v) is 5.49. The van der Waals surface area contributed by atoms with E-state index in [1.54, 1.807) is 14.2 Å². The maximum absolute atomic E-state index is 6.02. The Morgan fingerprint density at radius 3 is 2.85 bits per heavy atom. The van der Waals surface area contributed by atoms with Gasteiger partial charge in [-0.25, -0.2) is 0 Å². The van der Waals surface area contributed by atoms with Crippen LogP contribution in [0.4, 0.5) is 0 Å². The highest BCUT2D eigenvalue weighted by atomic mass is 35.5. The van der Waals surface area contributed by atoms with Crippen molar-refractivity contribution < 1.29 is 4.74 Å². The molecule has 1 aromatic carbocycles. The van der Waals surface area contributed by atoms with E-state index in [1.165, 1.54) is 12.8 Å². The Morgan fingerprint density at radius 1 is 1.45 bits per heavy atom. The minimum atomic E-state index is -0.0480. The highest BCUT2D eigenvalue weighted by molar-refractivity contribution is 6.30. The van der Waals surface area contributed by atoms with Gasteiger partial charge in [-0.1, -0.05) is 23.7 Å². The second kappa shape index (κ2) is 7.50. The van der Waals surface area contributed by atoms with E-state index in [9.17, 15) is 0 Å². The molecule has 110 valence electrons. The molecule has 2 N–H and O–H groups in total. The predicted octanol–water partition coefficient (Wildman–Crippen LogP) is 2.60. The van der Waals surface area contributed by atoms with E-state index in [0.717, 1.165) is 29.0 Å². The summed E-state index contributed by atoms with van der Waals surface area (Å²) < 4.78 is 5.52. The molecule has 1 aliphatic rings. The van der Waals surface area contributed by atoms with Crippen LogP contribution in [0.5, 0.6) is 0 Å². The molecular formula is C15H22ClN3O. The van der Waals surface area contributed by atoms with Crippen LogP contribution in [0.1, 0.15) is 24.5 Å². The lowest BCUT2D eigenvalue weighted by atomic mass is 10.1. The lowest BCUT2D eigenvalue weighted by Crippen LogP contribution is -2.40. The van der Waals surface area contributed by atoms with E-state index in [4.69, 9.17) is 16.3 Å². The maximum atomic E-state index is 6.02. The molecule has 0 bridgehead atoms. The molecule has 1 fully saturated rings. The first kappa shape index (κ1) is 15.1. The number of aliphatic imine (C=N–C) groups is 1. The molecule has 0 aliphatic heterocycles. The summed E-state index contributed by atoms with van der Waals surface area (Å²) in [5, 5.41) is 7.35. The number of methoxy groups -OCH3 is 1. The molecule has 0 heterocycles. The third kappa shape index (κ3) is 4.69. The molecule has 4 nitrogen and oxygen atoms in total. The number of guanidine groups is 1. The molecule has 1 aromatic rings. The van der Waals surface area contributed by atoms with Crippen molar-refractivity contribution in [2.24, 2.45) is 10.9 Å². The Labute approximate surface area is 125 Å². The zero-order valence-electron chi connectivity index (χ0n) is 12.0. The van der Waals surface area contributed by atoms with Gasteiger partial charge in [0.2, 0.25) is 0 Å². The van der Waals surface area contributed by atoms with E-state index in [2.05, 4.69) is 15.6 Å². The third-order valence-electron chi connectivity index (χ3n) is 3.44. The standard InChI is InChI=1S/C15H22ClN3O/c1-17-15(18-9-11-6-7-11)19-10-14(20-2)12-4-3-5-13(16)8-12/h3-5,8,11,14H,6-7,9-10H2,1-2H3,(H2,17,18,19). The van der Waals surface area contributed by atoms with Crippen molar-refractivity contribution in [3.8, 4) is 0 Å². The van der Waals surface area contributed by atoms with Gasteiger partial charge in [0.1, 0.15) is 0 Å². The van der Waals surface area contributed by atoms with Crippen LogP contribution in [0.3, 0.4) is 0 Å². The quantitative estimate of drug-likeness (QED) is 0.626. The molecule has 0 saturated heterocycles. The molecule has 1 saturated carbocycles. The monoisotopic (exact) mass is 295 g/mol. The average Bonchev–Trinajstić information content (AvgIpc) is 3.27. The van der Waals surface area contributed by atoms with Gasteiger partial charge in [0.15, 0.2) is 5.96 Å². The summed E-state index contributed by atoms with van der Waals surface area (Å²) in [5.74, 6) is 1.64. The van der Waals surface area contributed by atoms with E-state index < -0.39 is 0 Å². The topological polar surface area (TPSA) is 45.7 Å². The fourth-order valence-electron chi connectivity index (χ4n) is 2.02. The number of benzene rings is 1. The van der Waals surface area contributed by atoms with Crippen molar-refractivity contribution >= 4 is 17.6 Å². The van der Waals surface area contributed by atoms with Crippen molar-refractivity contribution in [3.63, 3.8) is 0 Å². The Bertz CT molecular complexity index is 460. The third-order valence-corrected chi connectivity index (χ3v) is 3.67. The summed E-state index contributed by atoms with van der Waals surface area (Å²) in [7, 11) is 3.48. The fourth-order valence-corrected chi connectivity index (χ4v) is 2.22. The SMILES string of the molecule is CN=C(NCC1CC1)NCC(OC)c1cccc(Cl)c1. The molecule has 2 rings (SSSR count). The maximum Gasteiger partial charge on any atom is 0.191 e. The number of halogens is 1. The van der Waals surface area contributed by atoms with Crippen LogP contribution in [0.25, 0.3) is 0 Å². The Kier molecular flexibility index (Phi) is 5.68. The van der Waals surface area contributed by atoms with Crippen LogP contribution in [0.15, 0.2) is 29.3 Å². The highest BCUT2D eigenvalue weighted by Crippen LogP contribution is 2.27. The zero-order chi connectivity index (χ0) is 14.4. The molecule has 0 amide bonds. The molecule has 20 heavy (non-hydrogen) atoms. The van der Waals surface area contributed by atoms with Crippen LogP contribution in [-0.2, 0) is 4.74 Å². The minimum Gasteiger partial charge on any atom is -0.375 e. The Morgan fingerprint density at radius 2 is 2.25 bits per heavy atom. The van der Waals surface area contributed by atoms with Gasteiger partial charge in [-0.15, -0.1) is 0 Å². The minimum absolute atomic E-state index is 0.0480. The van der Waals surface area contributed by atoms with Gasteiger partial charge in [-0.05, 0) is 36.5 Å². The van der Waals surface area contributed by atoms with Crippen molar-refractivity contribution in [1.82, 2.24) is 10.6 Å². The van der Waals surface area contributed by atoms with Crippen molar-refractivity contribution in [3.05, 3.63) is 34.9 Å². The van der Waals surface area contributed by atoms with Crippen LogP contribution in [-0.4, -0.2) is 33.2 Å². The summed E-state index contributed by atoms with van der Waals surface area (Å²) in [5.41, 5.74) is 1.06. The molecule has 1 aliphatic carbocycles. The van der Waals surface area contributed by atoms with E-state index in [0.29, 0.717) is 6.54 Å². The molecule has 5 heteroatoms. The lowest BCUT2D eigenvalue weighted by Gasteiger charge is -2.19. The van der Waals surface area contributed by atoms with Crippen molar-refractivity contribution in [1.29, 1.82) is 0 Å². The first-order valence-electron chi connectivity index (χ1n) is 6.95. The van der Waals surface area contributed by atoms with E-state index in [1.807, 2.05) is 24.3 Å². The Hall–Kier alpha value is -1.26. The molecule has 0 spiro atoms. The first-order valence-corrected chi connectivity index (χ1v) is 7.33. The molecule has 0 radical (unpaired) electrons. The first-order chi connectivity index (χ1) is 9.72. The molecular weight excluding hydrogens is 274 g/mol. The second-order valence-electron chi connectivity index (χ2n) is 5.06. The van der Waals surface area contributed by atoms with Crippen molar-refractivity contribution in [2.45, 2.75) is 18.9 Å². The highest BCUT2D eigenvalue weighted by Gasteiger charge is 2.21. The summed E-state index contributed by atoms with van der Waals surface area (Å²) in [4.78, 5) is 4.22. The fraction of sp³-hybridized carbons (Fsp3) is 0.533. The predicted molar refractivity (Wildman–Crippen MR) is 83.3 cm³/mol. The summed E-state index contributed by atoms with van der Waals surface area (Å²) in [6.45, 7) is 1.65. The van der Waals surface area contributed by atoms with Crippen LogP contribution in [0.2, 0.25) is 5.02 Å². The van der Waals surface area contributed by atoms with Gasteiger partial charge >= 0.3 is 0 Å². The van der Waals surface area contributed by atoms with Crippen molar-refractivity contribution in [2.75, 3.05) is 27.2 Å². The molecule has 1 atom stereocenters. The average molecular weight is 296 g/mol. The lowest BCUT2D eigenvalue weighted by molar-refractivity contribution is 0.106. The molecule has 0 aromatic heterocycles. The number of ether oxygens (including phenoxy) is 1. The van der Waals surface area contributed by atoms with Crippen LogP contribution in [0, 0.1) is 5.92 Å². The van der Waals surface area contributed by atoms with Gasteiger partial charge in [0, 0.05) is 32.3 Å². The zero-order valence-corrected chi connectivity index (χ0v) is 12.8.